The highest BCUT2D eigenvalue weighted by atomic mass is 32.1. The third-order valence-corrected chi connectivity index (χ3v) is 6.81. The summed E-state index contributed by atoms with van der Waals surface area (Å²) in [5, 5.41) is 0. The summed E-state index contributed by atoms with van der Waals surface area (Å²) in [5.41, 5.74) is 3.21. The van der Waals surface area contributed by atoms with E-state index < -0.39 is 0 Å². The standard InChI is InChI=1S/C22H24O3S/c23-19(14-25-22(24)21-13-18-7-4-8-20(18)26-21)17-11-9-16(10-12-17)15-5-2-1-3-6-15/h9-13,15H,1-8,14H2. The second-order valence-corrected chi connectivity index (χ2v) is 8.51. The van der Waals surface area contributed by atoms with Gasteiger partial charge in [-0.05, 0) is 55.2 Å². The largest absolute Gasteiger partial charge is 0.453 e. The maximum atomic E-state index is 12.3. The van der Waals surface area contributed by atoms with Gasteiger partial charge in [0.15, 0.2) is 12.4 Å². The summed E-state index contributed by atoms with van der Waals surface area (Å²) in [5.74, 6) is 0.112. The predicted octanol–water partition coefficient (Wildman–Crippen LogP) is 5.32. The number of ketones is 1. The number of carbonyl (C=O) groups excluding carboxylic acids is 2. The monoisotopic (exact) mass is 368 g/mol. The highest BCUT2D eigenvalue weighted by Gasteiger charge is 2.20. The Morgan fingerprint density at radius 3 is 2.50 bits per heavy atom. The Hall–Kier alpha value is -1.94. The van der Waals surface area contributed by atoms with E-state index in [1.165, 1.54) is 65.9 Å². The van der Waals surface area contributed by atoms with Crippen molar-refractivity contribution in [3.05, 3.63) is 56.8 Å². The molecule has 0 unspecified atom stereocenters. The van der Waals surface area contributed by atoms with Crippen molar-refractivity contribution in [1.29, 1.82) is 0 Å². The van der Waals surface area contributed by atoms with Crippen LogP contribution >= 0.6 is 11.3 Å². The number of Topliss-reactive ketones (excluding diaryl/α,β-unsaturated/α-hetero) is 1. The van der Waals surface area contributed by atoms with E-state index in [4.69, 9.17) is 4.74 Å². The highest BCUT2D eigenvalue weighted by molar-refractivity contribution is 7.14. The molecule has 1 aromatic heterocycles. The first-order valence-corrected chi connectivity index (χ1v) is 10.4. The lowest BCUT2D eigenvalue weighted by Gasteiger charge is -2.22. The fraction of sp³-hybridized carbons (Fsp3) is 0.455. The number of aryl methyl sites for hydroxylation is 2. The van der Waals surface area contributed by atoms with Crippen molar-refractivity contribution in [1.82, 2.24) is 0 Å². The Kier molecular flexibility index (Phi) is 5.21. The molecule has 2 aliphatic carbocycles. The average Bonchev–Trinajstić information content (AvgIpc) is 3.29. The van der Waals surface area contributed by atoms with E-state index in [0.717, 1.165) is 12.8 Å². The first-order valence-electron chi connectivity index (χ1n) is 9.62. The van der Waals surface area contributed by atoms with Crippen LogP contribution < -0.4 is 0 Å². The van der Waals surface area contributed by atoms with Crippen LogP contribution in [0.15, 0.2) is 30.3 Å². The number of hydrogen-bond acceptors (Lipinski definition) is 4. The van der Waals surface area contributed by atoms with E-state index >= 15 is 0 Å². The minimum Gasteiger partial charge on any atom is -0.453 e. The number of esters is 1. The molecular weight excluding hydrogens is 344 g/mol. The molecule has 0 amide bonds. The molecule has 0 aliphatic heterocycles. The zero-order valence-corrected chi connectivity index (χ0v) is 15.8. The summed E-state index contributed by atoms with van der Waals surface area (Å²) in [6, 6.07) is 9.81. The summed E-state index contributed by atoms with van der Waals surface area (Å²) in [7, 11) is 0. The van der Waals surface area contributed by atoms with E-state index in [1.54, 1.807) is 0 Å². The number of rotatable bonds is 5. The van der Waals surface area contributed by atoms with E-state index in [-0.39, 0.29) is 18.4 Å². The maximum Gasteiger partial charge on any atom is 0.348 e. The van der Waals surface area contributed by atoms with Crippen molar-refractivity contribution in [2.75, 3.05) is 6.61 Å². The van der Waals surface area contributed by atoms with Crippen molar-refractivity contribution in [3.63, 3.8) is 0 Å². The normalized spacial score (nSPS) is 17.1. The van der Waals surface area contributed by atoms with Crippen molar-refractivity contribution >= 4 is 23.1 Å². The summed E-state index contributed by atoms with van der Waals surface area (Å²) in [6.45, 7) is -0.190. The summed E-state index contributed by atoms with van der Waals surface area (Å²) in [4.78, 5) is 26.4. The van der Waals surface area contributed by atoms with E-state index in [0.29, 0.717) is 16.4 Å². The average molecular weight is 368 g/mol. The van der Waals surface area contributed by atoms with Gasteiger partial charge < -0.3 is 4.74 Å². The third-order valence-electron chi connectivity index (χ3n) is 5.59. The molecular formula is C22H24O3S. The zero-order chi connectivity index (χ0) is 17.9. The van der Waals surface area contributed by atoms with Crippen LogP contribution in [0, 0.1) is 0 Å². The second-order valence-electron chi connectivity index (χ2n) is 7.37. The van der Waals surface area contributed by atoms with Gasteiger partial charge in [-0.2, -0.15) is 0 Å². The molecule has 0 atom stereocenters. The Labute approximate surface area is 158 Å². The minimum atomic E-state index is -0.378. The minimum absolute atomic E-state index is 0.141. The zero-order valence-electron chi connectivity index (χ0n) is 15.0. The second kappa shape index (κ2) is 7.75. The molecule has 0 saturated heterocycles. The van der Waals surface area contributed by atoms with Gasteiger partial charge in [-0.1, -0.05) is 43.5 Å². The number of carbonyl (C=O) groups is 2. The number of thiophene rings is 1. The van der Waals surface area contributed by atoms with Gasteiger partial charge in [-0.25, -0.2) is 4.79 Å². The fourth-order valence-corrected chi connectivity index (χ4v) is 5.24. The molecule has 2 aromatic rings. The van der Waals surface area contributed by atoms with E-state index in [2.05, 4.69) is 12.1 Å². The van der Waals surface area contributed by atoms with Gasteiger partial charge in [-0.3, -0.25) is 4.79 Å². The quantitative estimate of drug-likeness (QED) is 0.529. The lowest BCUT2D eigenvalue weighted by atomic mass is 9.84. The van der Waals surface area contributed by atoms with E-state index in [9.17, 15) is 9.59 Å². The third kappa shape index (κ3) is 3.75. The number of ether oxygens (including phenoxy) is 1. The summed E-state index contributed by atoms with van der Waals surface area (Å²) in [6.07, 6.45) is 9.70. The van der Waals surface area contributed by atoms with Crippen LogP contribution in [-0.4, -0.2) is 18.4 Å². The molecule has 4 rings (SSSR count). The summed E-state index contributed by atoms with van der Waals surface area (Å²) < 4.78 is 5.25. The topological polar surface area (TPSA) is 43.4 Å². The Bertz CT molecular complexity index is 776. The van der Waals surface area contributed by atoms with Crippen molar-refractivity contribution in [2.45, 2.75) is 57.3 Å². The Morgan fingerprint density at radius 1 is 1.00 bits per heavy atom. The molecule has 1 heterocycles. The van der Waals surface area contributed by atoms with Gasteiger partial charge in [0, 0.05) is 10.4 Å². The maximum absolute atomic E-state index is 12.3. The Morgan fingerprint density at radius 2 is 1.77 bits per heavy atom. The summed E-state index contributed by atoms with van der Waals surface area (Å²) >= 11 is 1.51. The van der Waals surface area contributed by atoms with Gasteiger partial charge in [0.25, 0.3) is 0 Å². The fourth-order valence-electron chi connectivity index (χ4n) is 4.09. The molecule has 4 heteroatoms. The van der Waals surface area contributed by atoms with Gasteiger partial charge in [-0.15, -0.1) is 11.3 Å². The van der Waals surface area contributed by atoms with Crippen LogP contribution in [0.2, 0.25) is 0 Å². The SMILES string of the molecule is O=C(COC(=O)c1cc2c(s1)CCC2)c1ccc(C2CCCCC2)cc1. The molecule has 26 heavy (non-hydrogen) atoms. The van der Waals surface area contributed by atoms with Crippen molar-refractivity contribution < 1.29 is 14.3 Å². The van der Waals surface area contributed by atoms with Crippen molar-refractivity contribution in [3.8, 4) is 0 Å². The Balaban J connectivity index is 1.33. The highest BCUT2D eigenvalue weighted by Crippen LogP contribution is 2.33. The molecule has 0 radical (unpaired) electrons. The molecule has 136 valence electrons. The van der Waals surface area contributed by atoms with Crippen LogP contribution in [0.4, 0.5) is 0 Å². The van der Waals surface area contributed by atoms with E-state index in [1.807, 2.05) is 18.2 Å². The first-order chi connectivity index (χ1) is 12.7. The van der Waals surface area contributed by atoms with Gasteiger partial charge >= 0.3 is 5.97 Å². The molecule has 0 spiro atoms. The number of benzene rings is 1. The van der Waals surface area contributed by atoms with Gasteiger partial charge in [0.2, 0.25) is 0 Å². The molecule has 3 nitrogen and oxygen atoms in total. The molecule has 1 aromatic carbocycles. The molecule has 1 saturated carbocycles. The van der Waals surface area contributed by atoms with Crippen LogP contribution in [0.25, 0.3) is 0 Å². The molecule has 2 aliphatic rings. The number of hydrogen-bond donors (Lipinski definition) is 0. The van der Waals surface area contributed by atoms with Crippen LogP contribution in [0.3, 0.4) is 0 Å². The molecule has 0 bridgehead atoms. The lowest BCUT2D eigenvalue weighted by molar-refractivity contribution is 0.0479. The van der Waals surface area contributed by atoms with Gasteiger partial charge in [0.1, 0.15) is 4.88 Å². The smallest absolute Gasteiger partial charge is 0.348 e. The lowest BCUT2D eigenvalue weighted by Crippen LogP contribution is -2.14. The van der Waals surface area contributed by atoms with Crippen LogP contribution in [0.1, 0.15) is 80.5 Å². The van der Waals surface area contributed by atoms with Crippen LogP contribution in [-0.2, 0) is 17.6 Å². The van der Waals surface area contributed by atoms with Crippen LogP contribution in [0.5, 0.6) is 0 Å². The molecule has 0 N–H and O–H groups in total. The first kappa shape index (κ1) is 17.5. The molecule has 1 fully saturated rings. The van der Waals surface area contributed by atoms with Gasteiger partial charge in [0.05, 0.1) is 0 Å². The number of fused-ring (bicyclic) bond motifs is 1. The predicted molar refractivity (Wildman–Crippen MR) is 103 cm³/mol. The van der Waals surface area contributed by atoms with Crippen molar-refractivity contribution in [2.24, 2.45) is 0 Å².